The van der Waals surface area contributed by atoms with E-state index in [2.05, 4.69) is 15.0 Å². The SMILES string of the molecule is [H+].c1ccc(-c2cnc[nH]2)nc1. The van der Waals surface area contributed by atoms with Crippen LogP contribution >= 0.6 is 0 Å². The van der Waals surface area contributed by atoms with Gasteiger partial charge in [0.15, 0.2) is 0 Å². The molecule has 0 saturated heterocycles. The highest BCUT2D eigenvalue weighted by molar-refractivity contribution is 5.51. The third-order valence-corrected chi connectivity index (χ3v) is 1.44. The van der Waals surface area contributed by atoms with Gasteiger partial charge in [0.2, 0.25) is 0 Å². The fraction of sp³-hybridized carbons (Fsp3) is 0. The average Bonchev–Trinajstić information content (AvgIpc) is 2.58. The molecule has 0 radical (unpaired) electrons. The quantitative estimate of drug-likeness (QED) is 0.663. The minimum absolute atomic E-state index is 0. The molecule has 11 heavy (non-hydrogen) atoms. The zero-order valence-electron chi connectivity index (χ0n) is 6.86. The summed E-state index contributed by atoms with van der Waals surface area (Å²) >= 11 is 0. The second kappa shape index (κ2) is 2.54. The molecule has 3 heteroatoms. The summed E-state index contributed by atoms with van der Waals surface area (Å²) in [4.78, 5) is 11.0. The zero-order valence-corrected chi connectivity index (χ0v) is 5.86. The van der Waals surface area contributed by atoms with Crippen molar-refractivity contribution in [1.29, 1.82) is 0 Å². The first-order valence-electron chi connectivity index (χ1n) is 3.36. The van der Waals surface area contributed by atoms with Gasteiger partial charge in [-0.25, -0.2) is 4.98 Å². The van der Waals surface area contributed by atoms with Crippen LogP contribution in [-0.2, 0) is 0 Å². The van der Waals surface area contributed by atoms with Crippen molar-refractivity contribution in [2.45, 2.75) is 0 Å². The number of aromatic nitrogens is 3. The molecule has 0 fully saturated rings. The molecule has 0 saturated carbocycles. The second-order valence-electron chi connectivity index (χ2n) is 2.18. The van der Waals surface area contributed by atoms with E-state index in [1.165, 1.54) is 0 Å². The van der Waals surface area contributed by atoms with Crippen molar-refractivity contribution < 1.29 is 1.43 Å². The molecule has 2 aromatic heterocycles. The smallest absolute Gasteiger partial charge is 0.343 e. The fourth-order valence-corrected chi connectivity index (χ4v) is 0.918. The van der Waals surface area contributed by atoms with E-state index in [0.29, 0.717) is 0 Å². The van der Waals surface area contributed by atoms with E-state index in [0.717, 1.165) is 11.4 Å². The van der Waals surface area contributed by atoms with E-state index in [-0.39, 0.29) is 1.43 Å². The van der Waals surface area contributed by atoms with Crippen molar-refractivity contribution in [2.24, 2.45) is 0 Å². The Bertz CT molecular complexity index is 317. The van der Waals surface area contributed by atoms with Crippen LogP contribution in [0.4, 0.5) is 0 Å². The van der Waals surface area contributed by atoms with Crippen molar-refractivity contribution >= 4 is 0 Å². The Morgan fingerprint density at radius 3 is 3.00 bits per heavy atom. The highest BCUT2D eigenvalue weighted by Crippen LogP contribution is 2.10. The molecule has 2 heterocycles. The van der Waals surface area contributed by atoms with Gasteiger partial charge in [0.05, 0.1) is 23.9 Å². The summed E-state index contributed by atoms with van der Waals surface area (Å²) in [5.74, 6) is 0. The summed E-state index contributed by atoms with van der Waals surface area (Å²) in [5, 5.41) is 0. The molecule has 0 aliphatic heterocycles. The lowest BCUT2D eigenvalue weighted by Crippen LogP contribution is -1.79. The number of rotatable bonds is 1. The van der Waals surface area contributed by atoms with Crippen LogP contribution in [0.3, 0.4) is 0 Å². The number of aromatic amines is 1. The molecule has 0 spiro atoms. The van der Waals surface area contributed by atoms with Gasteiger partial charge in [-0.15, -0.1) is 0 Å². The molecule has 3 nitrogen and oxygen atoms in total. The Hall–Kier alpha value is -1.64. The van der Waals surface area contributed by atoms with Crippen molar-refractivity contribution in [3.8, 4) is 11.4 Å². The minimum atomic E-state index is 0. The Kier molecular flexibility index (Phi) is 1.41. The molecular weight excluding hydrogens is 138 g/mol. The summed E-state index contributed by atoms with van der Waals surface area (Å²) in [5.41, 5.74) is 1.87. The third kappa shape index (κ3) is 1.12. The van der Waals surface area contributed by atoms with Gasteiger partial charge in [-0.05, 0) is 12.1 Å². The molecule has 1 N–H and O–H groups in total. The van der Waals surface area contributed by atoms with Gasteiger partial charge in [-0.2, -0.15) is 0 Å². The highest BCUT2D eigenvalue weighted by atomic mass is 14.9. The molecular formula is C8H8N3+. The Labute approximate surface area is 65.6 Å². The summed E-state index contributed by atoms with van der Waals surface area (Å²) in [6.07, 6.45) is 5.16. The Balaban J connectivity index is 0.000000720. The van der Waals surface area contributed by atoms with Gasteiger partial charge in [0.1, 0.15) is 0 Å². The zero-order chi connectivity index (χ0) is 7.52. The van der Waals surface area contributed by atoms with Gasteiger partial charge in [0, 0.05) is 6.20 Å². The maximum absolute atomic E-state index is 4.15. The van der Waals surface area contributed by atoms with Crippen LogP contribution in [0.25, 0.3) is 11.4 Å². The number of imidazole rings is 1. The minimum Gasteiger partial charge on any atom is -0.343 e. The predicted molar refractivity (Wildman–Crippen MR) is 42.9 cm³/mol. The van der Waals surface area contributed by atoms with Crippen LogP contribution < -0.4 is 0 Å². The van der Waals surface area contributed by atoms with Crippen LogP contribution in [0.2, 0.25) is 0 Å². The molecule has 0 amide bonds. The van der Waals surface area contributed by atoms with E-state index in [1.807, 2.05) is 18.2 Å². The molecule has 0 atom stereocenters. The summed E-state index contributed by atoms with van der Waals surface area (Å²) < 4.78 is 0. The molecule has 0 unspecified atom stereocenters. The first-order valence-corrected chi connectivity index (χ1v) is 3.36. The number of nitrogens with one attached hydrogen (secondary N) is 1. The maximum atomic E-state index is 4.15. The van der Waals surface area contributed by atoms with E-state index in [1.54, 1.807) is 18.7 Å². The monoisotopic (exact) mass is 146 g/mol. The van der Waals surface area contributed by atoms with Crippen molar-refractivity contribution in [1.82, 2.24) is 15.0 Å². The summed E-state index contributed by atoms with van der Waals surface area (Å²) in [6, 6.07) is 5.77. The molecule has 2 rings (SSSR count). The average molecular weight is 146 g/mol. The van der Waals surface area contributed by atoms with E-state index in [9.17, 15) is 0 Å². The van der Waals surface area contributed by atoms with Crippen LogP contribution in [-0.4, -0.2) is 15.0 Å². The van der Waals surface area contributed by atoms with Crippen LogP contribution in [0.5, 0.6) is 0 Å². The lowest BCUT2D eigenvalue weighted by atomic mass is 10.3. The van der Waals surface area contributed by atoms with Crippen LogP contribution in [0.1, 0.15) is 1.43 Å². The first-order chi connectivity index (χ1) is 5.47. The normalized spacial score (nSPS) is 9.82. The Morgan fingerprint density at radius 2 is 2.36 bits per heavy atom. The second-order valence-corrected chi connectivity index (χ2v) is 2.18. The van der Waals surface area contributed by atoms with E-state index < -0.39 is 0 Å². The molecule has 0 aliphatic rings. The maximum Gasteiger partial charge on any atom is 1.00 e. The largest absolute Gasteiger partial charge is 1.00 e. The number of H-pyrrole nitrogens is 1. The van der Waals surface area contributed by atoms with Crippen LogP contribution in [0, 0.1) is 0 Å². The van der Waals surface area contributed by atoms with Gasteiger partial charge in [0.25, 0.3) is 0 Å². The van der Waals surface area contributed by atoms with Crippen molar-refractivity contribution in [3.05, 3.63) is 36.9 Å². The molecule has 0 bridgehead atoms. The summed E-state index contributed by atoms with van der Waals surface area (Å²) in [7, 11) is 0. The van der Waals surface area contributed by atoms with Crippen LogP contribution in [0.15, 0.2) is 36.9 Å². The standard InChI is InChI=1S/C8H7N3/c1-2-4-10-7(3-1)8-5-9-6-11-8/h1-6H,(H,9,11)/p+1. The third-order valence-electron chi connectivity index (χ3n) is 1.44. The van der Waals surface area contributed by atoms with Gasteiger partial charge in [-0.1, -0.05) is 6.07 Å². The van der Waals surface area contributed by atoms with Crippen molar-refractivity contribution in [2.75, 3.05) is 0 Å². The lowest BCUT2D eigenvalue weighted by Gasteiger charge is -1.92. The number of hydrogen-bond acceptors (Lipinski definition) is 2. The topological polar surface area (TPSA) is 41.6 Å². The summed E-state index contributed by atoms with van der Waals surface area (Å²) in [6.45, 7) is 0. The van der Waals surface area contributed by atoms with E-state index >= 15 is 0 Å². The fourth-order valence-electron chi connectivity index (χ4n) is 0.918. The number of nitrogens with zero attached hydrogens (tertiary/aromatic N) is 2. The first kappa shape index (κ1) is 6.09. The Morgan fingerprint density at radius 1 is 1.36 bits per heavy atom. The molecule has 2 aromatic rings. The molecule has 0 aromatic carbocycles. The van der Waals surface area contributed by atoms with Gasteiger partial charge < -0.3 is 4.98 Å². The highest BCUT2D eigenvalue weighted by Gasteiger charge is 1.95. The van der Waals surface area contributed by atoms with Crippen molar-refractivity contribution in [3.63, 3.8) is 0 Å². The number of hydrogen-bond donors (Lipinski definition) is 1. The van der Waals surface area contributed by atoms with Gasteiger partial charge >= 0.3 is 1.43 Å². The van der Waals surface area contributed by atoms with Gasteiger partial charge in [-0.3, -0.25) is 4.98 Å². The predicted octanol–water partition coefficient (Wildman–Crippen LogP) is 1.58. The van der Waals surface area contributed by atoms with E-state index in [4.69, 9.17) is 0 Å². The lowest BCUT2D eigenvalue weighted by molar-refractivity contribution is 1.27. The molecule has 54 valence electrons. The molecule has 0 aliphatic carbocycles. The number of pyridine rings is 1.